The van der Waals surface area contributed by atoms with Crippen molar-refractivity contribution in [3.8, 4) is 0 Å². The van der Waals surface area contributed by atoms with Gasteiger partial charge in [0, 0.05) is 0 Å². The molecular weight excluding hydrogens is 339 g/mol. The summed E-state index contributed by atoms with van der Waals surface area (Å²) in [6.07, 6.45) is 0.0649. The Morgan fingerprint density at radius 2 is 1.69 bits per heavy atom. The Balaban J connectivity index is 2.69. The van der Waals surface area contributed by atoms with Crippen molar-refractivity contribution in [3.05, 3.63) is 10.1 Å². The van der Waals surface area contributed by atoms with Gasteiger partial charge in [0.15, 0.2) is 4.33 Å². The van der Waals surface area contributed by atoms with E-state index in [-0.39, 0.29) is 16.5 Å². The van der Waals surface area contributed by atoms with E-state index in [4.69, 9.17) is 75.3 Å². The summed E-state index contributed by atoms with van der Waals surface area (Å²) in [7, 11) is 0. The highest BCUT2D eigenvalue weighted by Crippen LogP contribution is 2.74. The molecule has 0 aromatic carbocycles. The van der Waals surface area contributed by atoms with Crippen LogP contribution in [0.25, 0.3) is 0 Å². The highest BCUT2D eigenvalue weighted by Gasteiger charge is 2.79. The van der Waals surface area contributed by atoms with Crippen LogP contribution in [0.15, 0.2) is 10.1 Å². The molecule has 0 aromatic rings. The molecule has 0 saturated heterocycles. The van der Waals surface area contributed by atoms with Gasteiger partial charge in [-0.25, -0.2) is 0 Å². The van der Waals surface area contributed by atoms with Crippen LogP contribution in [0.4, 0.5) is 0 Å². The van der Waals surface area contributed by atoms with E-state index in [9.17, 15) is 4.79 Å². The first-order valence-electron chi connectivity index (χ1n) is 4.22. The molecule has 8 heteroatoms. The summed E-state index contributed by atoms with van der Waals surface area (Å²) in [4.78, 5) is 8.40. The van der Waals surface area contributed by atoms with E-state index in [0.29, 0.717) is 0 Å². The number of allylic oxidation sites excluding steroid dienone is 2. The quantitative estimate of drug-likeness (QED) is 0.729. The second-order valence-electron chi connectivity index (χ2n) is 3.87. The molecule has 0 aromatic heterocycles. The van der Waals surface area contributed by atoms with Gasteiger partial charge in [0.1, 0.15) is 9.75 Å². The summed E-state index contributed by atoms with van der Waals surface area (Å²) in [5.41, 5.74) is 5.23. The van der Waals surface area contributed by atoms with Crippen molar-refractivity contribution in [2.75, 3.05) is 0 Å². The van der Waals surface area contributed by atoms with Crippen molar-refractivity contribution in [3.63, 3.8) is 0 Å². The maximum Gasteiger partial charge on any atom is 0.222 e. The Morgan fingerprint density at radius 3 is 2.00 bits per heavy atom. The first-order chi connectivity index (χ1) is 7.10. The number of rotatable bonds is 1. The van der Waals surface area contributed by atoms with Crippen LogP contribution in [0.5, 0.6) is 0 Å². The third kappa shape index (κ3) is 1.17. The fourth-order valence-electron chi connectivity index (χ4n) is 2.21. The van der Waals surface area contributed by atoms with Gasteiger partial charge < -0.3 is 5.73 Å². The molecule has 0 aliphatic heterocycles. The summed E-state index contributed by atoms with van der Waals surface area (Å²) in [6, 6.07) is 0. The third-order valence-electron chi connectivity index (χ3n) is 3.12. The van der Waals surface area contributed by atoms with Crippen LogP contribution in [0.2, 0.25) is 0 Å². The van der Waals surface area contributed by atoms with Gasteiger partial charge in [-0.15, -0.1) is 23.2 Å². The Kier molecular flexibility index (Phi) is 2.92. The summed E-state index contributed by atoms with van der Waals surface area (Å²) in [5.74, 6) is -1.51. The zero-order valence-electron chi connectivity index (χ0n) is 7.54. The normalized spacial score (nSPS) is 45.2. The van der Waals surface area contributed by atoms with Crippen molar-refractivity contribution in [2.24, 2.45) is 11.7 Å². The first kappa shape index (κ1) is 13.4. The fraction of sp³-hybridized carbons (Fsp3) is 0.625. The van der Waals surface area contributed by atoms with Crippen molar-refractivity contribution < 1.29 is 4.79 Å². The Labute approximate surface area is 122 Å². The molecule has 2 rings (SSSR count). The first-order valence-corrected chi connectivity index (χ1v) is 6.48. The number of amides is 1. The summed E-state index contributed by atoms with van der Waals surface area (Å²) in [5, 5.41) is 0.0687. The minimum atomic E-state index is -1.67. The van der Waals surface area contributed by atoms with Gasteiger partial charge in [0.25, 0.3) is 0 Å². The lowest BCUT2D eigenvalue weighted by molar-refractivity contribution is -0.122. The van der Waals surface area contributed by atoms with E-state index in [1.54, 1.807) is 0 Å². The van der Waals surface area contributed by atoms with E-state index < -0.39 is 25.9 Å². The van der Waals surface area contributed by atoms with Crippen LogP contribution in [0.3, 0.4) is 0 Å². The molecule has 1 fully saturated rings. The molecule has 1 amide bonds. The second kappa shape index (κ2) is 3.49. The second-order valence-corrected chi connectivity index (χ2v) is 7.20. The van der Waals surface area contributed by atoms with Crippen LogP contribution in [0, 0.1) is 5.92 Å². The maximum absolute atomic E-state index is 11.3. The van der Waals surface area contributed by atoms with E-state index in [1.807, 2.05) is 0 Å². The largest absolute Gasteiger partial charge is 0.369 e. The molecule has 2 bridgehead atoms. The maximum atomic E-state index is 11.3. The SMILES string of the molecule is NC(=O)C1CC2(Cl)C(Cl)=C(Cl)C1(Cl)C2(Cl)Cl. The zero-order valence-corrected chi connectivity index (χ0v) is 12.1. The third-order valence-corrected chi connectivity index (χ3v) is 7.40. The predicted octanol–water partition coefficient (Wildman–Crippen LogP) is 3.32. The van der Waals surface area contributed by atoms with Gasteiger partial charge in [-0.1, -0.05) is 46.4 Å². The van der Waals surface area contributed by atoms with E-state index in [1.165, 1.54) is 0 Å². The van der Waals surface area contributed by atoms with Crippen LogP contribution in [0.1, 0.15) is 6.42 Å². The van der Waals surface area contributed by atoms with E-state index in [0.717, 1.165) is 0 Å². The number of halogens is 6. The molecule has 1 saturated carbocycles. The lowest BCUT2D eigenvalue weighted by Gasteiger charge is -2.32. The number of alkyl halides is 4. The highest BCUT2D eigenvalue weighted by molar-refractivity contribution is 6.66. The smallest absolute Gasteiger partial charge is 0.222 e. The van der Waals surface area contributed by atoms with Gasteiger partial charge in [-0.05, 0) is 6.42 Å². The molecule has 3 atom stereocenters. The molecule has 16 heavy (non-hydrogen) atoms. The summed E-state index contributed by atoms with van der Waals surface area (Å²) in [6.45, 7) is 0. The molecular formula is C8H5Cl6NO. The number of nitrogens with two attached hydrogens (primary N) is 1. The number of carbonyl (C=O) groups excluding carboxylic acids is 1. The monoisotopic (exact) mass is 341 g/mol. The van der Waals surface area contributed by atoms with Crippen molar-refractivity contribution in [1.29, 1.82) is 0 Å². The Bertz CT molecular complexity index is 421. The highest BCUT2D eigenvalue weighted by atomic mass is 35.5. The molecule has 90 valence electrons. The van der Waals surface area contributed by atoms with Gasteiger partial charge in [0.2, 0.25) is 5.91 Å². The number of hydrogen-bond acceptors (Lipinski definition) is 1. The molecule has 3 unspecified atom stereocenters. The molecule has 0 heterocycles. The Morgan fingerprint density at radius 1 is 1.19 bits per heavy atom. The molecule has 0 radical (unpaired) electrons. The molecule has 2 nitrogen and oxygen atoms in total. The molecule has 2 aliphatic rings. The lowest BCUT2D eigenvalue weighted by Crippen LogP contribution is -2.47. The topological polar surface area (TPSA) is 43.1 Å². The minimum Gasteiger partial charge on any atom is -0.369 e. The van der Waals surface area contributed by atoms with Crippen molar-refractivity contribution in [2.45, 2.75) is 20.5 Å². The zero-order chi connectivity index (χ0) is 12.5. The average Bonchev–Trinajstić information content (AvgIpc) is 2.39. The summed E-state index contributed by atoms with van der Waals surface area (Å²) >= 11 is 36.7. The van der Waals surface area contributed by atoms with E-state index >= 15 is 0 Å². The van der Waals surface area contributed by atoms with Crippen LogP contribution in [-0.4, -0.2) is 20.0 Å². The molecule has 2 N–H and O–H groups in total. The van der Waals surface area contributed by atoms with Crippen LogP contribution in [-0.2, 0) is 4.79 Å². The Hall–Kier alpha value is 0.950. The van der Waals surface area contributed by atoms with Crippen LogP contribution < -0.4 is 5.73 Å². The molecule has 2 aliphatic carbocycles. The lowest BCUT2D eigenvalue weighted by atomic mass is 9.91. The van der Waals surface area contributed by atoms with Crippen molar-refractivity contribution in [1.82, 2.24) is 0 Å². The molecule has 0 spiro atoms. The van der Waals surface area contributed by atoms with Crippen molar-refractivity contribution >= 4 is 75.5 Å². The summed E-state index contributed by atoms with van der Waals surface area (Å²) < 4.78 is -1.67. The number of primary amides is 1. The number of hydrogen-bond donors (Lipinski definition) is 1. The number of fused-ring (bicyclic) bond motifs is 2. The van der Waals surface area contributed by atoms with E-state index in [2.05, 4.69) is 0 Å². The van der Waals surface area contributed by atoms with Crippen LogP contribution >= 0.6 is 69.6 Å². The van der Waals surface area contributed by atoms with Gasteiger partial charge in [-0.3, -0.25) is 4.79 Å². The number of carbonyl (C=O) groups is 1. The van der Waals surface area contributed by atoms with Gasteiger partial charge in [0.05, 0.1) is 16.0 Å². The van der Waals surface area contributed by atoms with Gasteiger partial charge >= 0.3 is 0 Å². The average molecular weight is 344 g/mol. The van der Waals surface area contributed by atoms with Gasteiger partial charge in [-0.2, -0.15) is 0 Å². The standard InChI is InChI=1S/C8H5Cl6NO/c9-3-4(10)7(12)2(5(15)16)1-6(3,11)8(7,13)14/h2H,1H2,(H2,15,16). The predicted molar refractivity (Wildman–Crippen MR) is 67.6 cm³/mol. The fourth-order valence-corrected chi connectivity index (χ4v) is 4.98. The minimum absolute atomic E-state index is 0.00844.